The molecule has 1 aromatic carbocycles. The number of rotatable bonds is 5. The molecule has 5 rings (SSSR count). The highest BCUT2D eigenvalue weighted by atomic mass is 32.1. The summed E-state index contributed by atoms with van der Waals surface area (Å²) in [6.07, 6.45) is 0.116. The second-order valence-corrected chi connectivity index (χ2v) is 8.73. The van der Waals surface area contributed by atoms with Gasteiger partial charge in [0.05, 0.1) is 25.3 Å². The molecule has 1 N–H and O–H groups in total. The molecule has 0 radical (unpaired) electrons. The van der Waals surface area contributed by atoms with Crippen LogP contribution in [-0.4, -0.2) is 48.0 Å². The molecule has 1 aliphatic rings. The molecule has 0 aliphatic carbocycles. The number of morpholine rings is 1. The zero-order valence-electron chi connectivity index (χ0n) is 16.5. The van der Waals surface area contributed by atoms with Gasteiger partial charge in [-0.15, -0.1) is 11.3 Å². The van der Waals surface area contributed by atoms with Gasteiger partial charge in [0.1, 0.15) is 16.3 Å². The zero-order chi connectivity index (χ0) is 21.2. The van der Waals surface area contributed by atoms with Gasteiger partial charge in [-0.1, -0.05) is 12.1 Å². The molecule has 31 heavy (non-hydrogen) atoms. The van der Waals surface area contributed by atoms with Crippen molar-refractivity contribution in [3.8, 4) is 10.6 Å². The van der Waals surface area contributed by atoms with E-state index in [-0.39, 0.29) is 24.0 Å². The Hall–Kier alpha value is -3.01. The predicted octanol–water partition coefficient (Wildman–Crippen LogP) is 4.27. The van der Waals surface area contributed by atoms with E-state index in [1.165, 1.54) is 11.3 Å². The van der Waals surface area contributed by atoms with Crippen molar-refractivity contribution in [1.82, 2.24) is 9.88 Å². The standard InChI is InChI=1S/C22H19N3O4S2/c26-18(11-15-13-31-21(23-15)14-5-10-30-12-14)24-19-16-3-1-2-4-17(16)29-20(19)22(27)25-6-8-28-9-7-25/h1-5,10,12-13H,6-9,11H2,(H,24,26). The van der Waals surface area contributed by atoms with Crippen molar-refractivity contribution in [3.05, 3.63) is 57.9 Å². The summed E-state index contributed by atoms with van der Waals surface area (Å²) in [5.41, 5.74) is 2.71. The van der Waals surface area contributed by atoms with Gasteiger partial charge in [0.15, 0.2) is 0 Å². The number of amides is 2. The first kappa shape index (κ1) is 19.9. The molecule has 0 atom stereocenters. The van der Waals surface area contributed by atoms with E-state index >= 15 is 0 Å². The number of carbonyl (C=O) groups excluding carboxylic acids is 2. The zero-order valence-corrected chi connectivity index (χ0v) is 18.1. The normalized spacial score (nSPS) is 14.1. The Labute approximate surface area is 186 Å². The van der Waals surface area contributed by atoms with E-state index in [0.717, 1.165) is 10.6 Å². The first-order valence-corrected chi connectivity index (χ1v) is 11.7. The van der Waals surface area contributed by atoms with Crippen LogP contribution >= 0.6 is 22.7 Å². The minimum Gasteiger partial charge on any atom is -0.449 e. The van der Waals surface area contributed by atoms with Crippen molar-refractivity contribution in [2.24, 2.45) is 0 Å². The molecule has 158 valence electrons. The average molecular weight is 454 g/mol. The van der Waals surface area contributed by atoms with Gasteiger partial charge in [0.2, 0.25) is 11.7 Å². The van der Waals surface area contributed by atoms with Gasteiger partial charge in [0.25, 0.3) is 5.91 Å². The summed E-state index contributed by atoms with van der Waals surface area (Å²) in [6, 6.07) is 9.32. The lowest BCUT2D eigenvalue weighted by Gasteiger charge is -2.26. The number of hydrogen-bond donors (Lipinski definition) is 1. The molecule has 0 bridgehead atoms. The molecule has 1 fully saturated rings. The van der Waals surface area contributed by atoms with Crippen molar-refractivity contribution in [1.29, 1.82) is 0 Å². The van der Waals surface area contributed by atoms with Crippen LogP contribution in [0.3, 0.4) is 0 Å². The van der Waals surface area contributed by atoms with Crippen molar-refractivity contribution in [2.45, 2.75) is 6.42 Å². The molecule has 9 heteroatoms. The molecule has 0 spiro atoms. The number of anilines is 1. The maximum absolute atomic E-state index is 13.1. The van der Waals surface area contributed by atoms with Crippen LogP contribution in [0.5, 0.6) is 0 Å². The molecular weight excluding hydrogens is 434 g/mol. The predicted molar refractivity (Wildman–Crippen MR) is 121 cm³/mol. The van der Waals surface area contributed by atoms with Crippen molar-refractivity contribution in [3.63, 3.8) is 0 Å². The molecule has 4 aromatic rings. The molecule has 7 nitrogen and oxygen atoms in total. The lowest BCUT2D eigenvalue weighted by atomic mass is 10.2. The van der Waals surface area contributed by atoms with Crippen LogP contribution in [-0.2, 0) is 16.0 Å². The topological polar surface area (TPSA) is 84.7 Å². The number of carbonyl (C=O) groups is 2. The number of thiophene rings is 1. The Balaban J connectivity index is 1.39. The fourth-order valence-corrected chi connectivity index (χ4v) is 5.02. The smallest absolute Gasteiger partial charge is 0.291 e. The number of furan rings is 1. The fourth-order valence-electron chi connectivity index (χ4n) is 3.49. The van der Waals surface area contributed by atoms with Gasteiger partial charge in [-0.05, 0) is 23.6 Å². The molecule has 3 aromatic heterocycles. The van der Waals surface area contributed by atoms with E-state index in [1.807, 2.05) is 40.4 Å². The SMILES string of the molecule is O=C(Cc1csc(-c2ccsc2)n1)Nc1c(C(=O)N2CCOCC2)oc2ccccc12. The van der Waals surface area contributed by atoms with Crippen LogP contribution in [0.2, 0.25) is 0 Å². The molecular formula is C22H19N3O4S2. The third-order valence-electron chi connectivity index (χ3n) is 5.01. The Morgan fingerprint density at radius 3 is 2.77 bits per heavy atom. The summed E-state index contributed by atoms with van der Waals surface area (Å²) >= 11 is 3.12. The average Bonchev–Trinajstić information content (AvgIpc) is 3.54. The minimum absolute atomic E-state index is 0.116. The quantitative estimate of drug-likeness (QED) is 0.488. The van der Waals surface area contributed by atoms with Crippen molar-refractivity contribution >= 4 is 51.1 Å². The summed E-state index contributed by atoms with van der Waals surface area (Å²) in [7, 11) is 0. The van der Waals surface area contributed by atoms with Crippen LogP contribution in [0.15, 0.2) is 50.9 Å². The van der Waals surface area contributed by atoms with Crippen molar-refractivity contribution < 1.29 is 18.7 Å². The van der Waals surface area contributed by atoms with E-state index in [4.69, 9.17) is 9.15 Å². The number of ether oxygens (including phenoxy) is 1. The molecule has 2 amide bonds. The summed E-state index contributed by atoms with van der Waals surface area (Å²) in [4.78, 5) is 32.2. The second kappa shape index (κ2) is 8.62. The van der Waals surface area contributed by atoms with Crippen LogP contribution < -0.4 is 5.32 Å². The molecule has 0 saturated carbocycles. The summed E-state index contributed by atoms with van der Waals surface area (Å²) in [5, 5.41) is 10.4. The highest BCUT2D eigenvalue weighted by molar-refractivity contribution is 7.14. The number of nitrogens with zero attached hydrogens (tertiary/aromatic N) is 2. The van der Waals surface area contributed by atoms with Gasteiger partial charge < -0.3 is 19.4 Å². The van der Waals surface area contributed by atoms with Gasteiger partial charge in [0, 0.05) is 34.8 Å². The third kappa shape index (κ3) is 4.12. The molecule has 4 heterocycles. The number of thiazole rings is 1. The maximum atomic E-state index is 13.1. The molecule has 1 saturated heterocycles. The number of para-hydroxylation sites is 1. The Morgan fingerprint density at radius 1 is 1.13 bits per heavy atom. The Morgan fingerprint density at radius 2 is 1.97 bits per heavy atom. The number of fused-ring (bicyclic) bond motifs is 1. The monoisotopic (exact) mass is 453 g/mol. The Kier molecular flexibility index (Phi) is 5.54. The maximum Gasteiger partial charge on any atom is 0.291 e. The minimum atomic E-state index is -0.247. The number of benzene rings is 1. The van der Waals surface area contributed by atoms with Gasteiger partial charge in [-0.25, -0.2) is 4.98 Å². The summed E-state index contributed by atoms with van der Waals surface area (Å²) < 4.78 is 11.2. The lowest BCUT2D eigenvalue weighted by molar-refractivity contribution is -0.115. The van der Waals surface area contributed by atoms with Crippen LogP contribution in [0.25, 0.3) is 21.5 Å². The van der Waals surface area contributed by atoms with Crippen LogP contribution in [0.4, 0.5) is 5.69 Å². The fraction of sp³-hybridized carbons (Fsp3) is 0.227. The third-order valence-corrected chi connectivity index (χ3v) is 6.64. The summed E-state index contributed by atoms with van der Waals surface area (Å²) in [5.74, 6) is -0.346. The van der Waals surface area contributed by atoms with Gasteiger partial charge >= 0.3 is 0 Å². The number of hydrogen-bond acceptors (Lipinski definition) is 7. The van der Waals surface area contributed by atoms with E-state index in [9.17, 15) is 9.59 Å². The highest BCUT2D eigenvalue weighted by Crippen LogP contribution is 2.32. The lowest BCUT2D eigenvalue weighted by Crippen LogP contribution is -2.40. The van der Waals surface area contributed by atoms with E-state index in [2.05, 4.69) is 10.3 Å². The Bertz CT molecular complexity index is 1220. The highest BCUT2D eigenvalue weighted by Gasteiger charge is 2.27. The van der Waals surface area contributed by atoms with E-state index in [0.29, 0.717) is 48.7 Å². The second-order valence-electron chi connectivity index (χ2n) is 7.09. The molecule has 1 aliphatic heterocycles. The van der Waals surface area contributed by atoms with Crippen molar-refractivity contribution in [2.75, 3.05) is 31.6 Å². The summed E-state index contributed by atoms with van der Waals surface area (Å²) in [6.45, 7) is 1.97. The first-order chi connectivity index (χ1) is 15.2. The van der Waals surface area contributed by atoms with E-state index < -0.39 is 0 Å². The molecule has 0 unspecified atom stereocenters. The van der Waals surface area contributed by atoms with Crippen LogP contribution in [0.1, 0.15) is 16.2 Å². The first-order valence-electron chi connectivity index (χ1n) is 9.84. The van der Waals surface area contributed by atoms with Crippen LogP contribution in [0, 0.1) is 0 Å². The largest absolute Gasteiger partial charge is 0.449 e. The van der Waals surface area contributed by atoms with Gasteiger partial charge in [-0.3, -0.25) is 9.59 Å². The number of aromatic nitrogens is 1. The van der Waals surface area contributed by atoms with E-state index in [1.54, 1.807) is 22.3 Å². The van der Waals surface area contributed by atoms with Gasteiger partial charge in [-0.2, -0.15) is 11.3 Å². The number of nitrogens with one attached hydrogen (secondary N) is 1.